The number of carbonyl (C=O) groups is 1. The summed E-state index contributed by atoms with van der Waals surface area (Å²) in [6.07, 6.45) is 2.79. The summed E-state index contributed by atoms with van der Waals surface area (Å²) in [5.74, 6) is -0.547. The zero-order valence-electron chi connectivity index (χ0n) is 16.8. The van der Waals surface area contributed by atoms with Gasteiger partial charge in [0.05, 0.1) is 35.5 Å². The van der Waals surface area contributed by atoms with Gasteiger partial charge in [-0.05, 0) is 42.0 Å². The van der Waals surface area contributed by atoms with Crippen molar-refractivity contribution in [2.75, 3.05) is 0 Å². The SMILES string of the molecule is N#Cc1cc2c(=O)n(Cc3cc4cc(Cl)cc(-c5cccc(C(=O)O)c5)c4o3)cnc2cn1. The first-order valence-corrected chi connectivity index (χ1v) is 10.1. The summed E-state index contributed by atoms with van der Waals surface area (Å²) in [4.78, 5) is 32.5. The lowest BCUT2D eigenvalue weighted by Gasteiger charge is -2.06. The molecule has 0 spiro atoms. The molecule has 0 saturated carbocycles. The molecular weight excluding hydrogens is 444 g/mol. The highest BCUT2D eigenvalue weighted by atomic mass is 35.5. The van der Waals surface area contributed by atoms with Gasteiger partial charge in [-0.2, -0.15) is 5.26 Å². The number of hydrogen-bond acceptors (Lipinski definition) is 6. The van der Waals surface area contributed by atoms with E-state index < -0.39 is 5.97 Å². The van der Waals surface area contributed by atoms with Gasteiger partial charge in [0, 0.05) is 16.0 Å². The van der Waals surface area contributed by atoms with Crippen LogP contribution in [0.25, 0.3) is 33.0 Å². The number of pyridine rings is 1. The molecule has 0 amide bonds. The van der Waals surface area contributed by atoms with Crippen LogP contribution in [0.4, 0.5) is 0 Å². The van der Waals surface area contributed by atoms with Crippen molar-refractivity contribution in [3.63, 3.8) is 0 Å². The van der Waals surface area contributed by atoms with Crippen molar-refractivity contribution in [2.24, 2.45) is 0 Å². The monoisotopic (exact) mass is 456 g/mol. The van der Waals surface area contributed by atoms with E-state index >= 15 is 0 Å². The Balaban J connectivity index is 1.60. The van der Waals surface area contributed by atoms with Crippen molar-refractivity contribution in [3.05, 3.63) is 93.4 Å². The zero-order chi connectivity index (χ0) is 23.1. The Morgan fingerprint density at radius 2 is 2.03 bits per heavy atom. The highest BCUT2D eigenvalue weighted by Gasteiger charge is 2.15. The molecule has 3 heterocycles. The van der Waals surface area contributed by atoms with Gasteiger partial charge in [0.15, 0.2) is 0 Å². The molecule has 3 aromatic heterocycles. The van der Waals surface area contributed by atoms with Crippen LogP contribution in [0.3, 0.4) is 0 Å². The first-order chi connectivity index (χ1) is 15.9. The second-order valence-corrected chi connectivity index (χ2v) is 7.78. The molecule has 0 bridgehead atoms. The molecule has 0 aliphatic heterocycles. The number of nitriles is 1. The lowest BCUT2D eigenvalue weighted by Crippen LogP contribution is -2.21. The van der Waals surface area contributed by atoms with Crippen LogP contribution in [0.5, 0.6) is 0 Å². The highest BCUT2D eigenvalue weighted by Crippen LogP contribution is 2.34. The van der Waals surface area contributed by atoms with Gasteiger partial charge in [-0.25, -0.2) is 14.8 Å². The van der Waals surface area contributed by atoms with Crippen molar-refractivity contribution in [1.82, 2.24) is 14.5 Å². The van der Waals surface area contributed by atoms with Gasteiger partial charge in [0.2, 0.25) is 0 Å². The van der Waals surface area contributed by atoms with Crippen molar-refractivity contribution >= 4 is 39.4 Å². The summed E-state index contributed by atoms with van der Waals surface area (Å²) in [5.41, 5.74) is 2.15. The molecular formula is C24H13ClN4O4. The lowest BCUT2D eigenvalue weighted by atomic mass is 10.0. The number of fused-ring (bicyclic) bond motifs is 2. The smallest absolute Gasteiger partial charge is 0.335 e. The Kier molecular flexibility index (Phi) is 4.89. The number of benzene rings is 2. The zero-order valence-corrected chi connectivity index (χ0v) is 17.6. The Labute approximate surface area is 190 Å². The fourth-order valence-electron chi connectivity index (χ4n) is 3.68. The number of rotatable bonds is 4. The van der Waals surface area contributed by atoms with Crippen LogP contribution < -0.4 is 5.56 Å². The van der Waals surface area contributed by atoms with Gasteiger partial charge >= 0.3 is 5.97 Å². The summed E-state index contributed by atoms with van der Waals surface area (Å²) in [5, 5.41) is 19.8. The van der Waals surface area contributed by atoms with Crippen LogP contribution in [-0.4, -0.2) is 25.6 Å². The molecule has 0 saturated heterocycles. The van der Waals surface area contributed by atoms with Gasteiger partial charge in [0.25, 0.3) is 5.56 Å². The van der Waals surface area contributed by atoms with Crippen LogP contribution >= 0.6 is 11.6 Å². The molecule has 0 unspecified atom stereocenters. The van der Waals surface area contributed by atoms with E-state index in [1.807, 2.05) is 6.07 Å². The van der Waals surface area contributed by atoms with Crippen molar-refractivity contribution < 1.29 is 14.3 Å². The molecule has 33 heavy (non-hydrogen) atoms. The Morgan fingerprint density at radius 3 is 2.82 bits per heavy atom. The molecule has 0 aliphatic rings. The maximum absolute atomic E-state index is 12.9. The Morgan fingerprint density at radius 1 is 1.18 bits per heavy atom. The number of carboxylic acid groups (broad SMARTS) is 1. The quantitative estimate of drug-likeness (QED) is 0.423. The third-order valence-corrected chi connectivity index (χ3v) is 5.42. The molecule has 0 aliphatic carbocycles. The second kappa shape index (κ2) is 7.89. The Bertz CT molecular complexity index is 1680. The fraction of sp³-hybridized carbons (Fsp3) is 0.0417. The molecule has 0 radical (unpaired) electrons. The number of aromatic nitrogens is 3. The number of nitrogens with zero attached hydrogens (tertiary/aromatic N) is 4. The molecule has 9 heteroatoms. The normalized spacial score (nSPS) is 11.0. The molecule has 0 atom stereocenters. The number of carboxylic acids is 1. The van der Waals surface area contributed by atoms with Crippen LogP contribution in [-0.2, 0) is 6.54 Å². The summed E-state index contributed by atoms with van der Waals surface area (Å²) in [7, 11) is 0. The third kappa shape index (κ3) is 3.71. The van der Waals surface area contributed by atoms with Gasteiger partial charge in [-0.1, -0.05) is 23.7 Å². The first-order valence-electron chi connectivity index (χ1n) is 9.74. The van der Waals surface area contributed by atoms with Crippen LogP contribution in [0.1, 0.15) is 21.8 Å². The number of halogens is 1. The molecule has 160 valence electrons. The number of furan rings is 1. The molecule has 5 aromatic rings. The average molecular weight is 457 g/mol. The summed E-state index contributed by atoms with van der Waals surface area (Å²) in [6.45, 7) is 0.104. The predicted octanol–water partition coefficient (Wildman–Crippen LogP) is 4.48. The largest absolute Gasteiger partial charge is 0.478 e. The molecule has 1 N–H and O–H groups in total. The van der Waals surface area contributed by atoms with E-state index in [1.165, 1.54) is 29.2 Å². The van der Waals surface area contributed by atoms with E-state index in [0.717, 1.165) is 0 Å². The Hall–Kier alpha value is -4.48. The van der Waals surface area contributed by atoms with Gasteiger partial charge in [0.1, 0.15) is 23.1 Å². The van der Waals surface area contributed by atoms with Crippen molar-refractivity contribution in [2.45, 2.75) is 6.54 Å². The standard InChI is InChI=1S/C24H13ClN4O4/c25-16-5-15-6-18(11-29-12-28-21-10-27-17(9-26)8-20(21)23(29)30)33-22(15)19(7-16)13-2-1-3-14(4-13)24(31)32/h1-8,10,12H,11H2,(H,31,32). The molecule has 8 nitrogen and oxygen atoms in total. The second-order valence-electron chi connectivity index (χ2n) is 7.35. The first kappa shape index (κ1) is 20.4. The lowest BCUT2D eigenvalue weighted by molar-refractivity contribution is 0.0697. The van der Waals surface area contributed by atoms with Crippen LogP contribution in [0.15, 0.2) is 70.3 Å². The molecule has 2 aromatic carbocycles. The summed E-state index contributed by atoms with van der Waals surface area (Å²) in [6, 6.07) is 15.0. The maximum Gasteiger partial charge on any atom is 0.335 e. The minimum Gasteiger partial charge on any atom is -0.478 e. The van der Waals surface area contributed by atoms with Crippen LogP contribution in [0.2, 0.25) is 5.02 Å². The molecule has 0 fully saturated rings. The van der Waals surface area contributed by atoms with Crippen molar-refractivity contribution in [1.29, 1.82) is 5.26 Å². The highest BCUT2D eigenvalue weighted by molar-refractivity contribution is 6.31. The number of aromatic carboxylic acids is 1. The van der Waals surface area contributed by atoms with Gasteiger partial charge in [-0.3, -0.25) is 9.36 Å². The third-order valence-electron chi connectivity index (χ3n) is 5.20. The number of hydrogen-bond donors (Lipinski definition) is 1. The predicted molar refractivity (Wildman–Crippen MR) is 121 cm³/mol. The van der Waals surface area contributed by atoms with Crippen molar-refractivity contribution in [3.8, 4) is 17.2 Å². The van der Waals surface area contributed by atoms with Gasteiger partial charge in [-0.15, -0.1) is 0 Å². The van der Waals surface area contributed by atoms with Crippen LogP contribution in [0, 0.1) is 11.3 Å². The van der Waals surface area contributed by atoms with E-state index in [1.54, 1.807) is 36.4 Å². The fourth-order valence-corrected chi connectivity index (χ4v) is 3.91. The minimum absolute atomic E-state index is 0.104. The summed E-state index contributed by atoms with van der Waals surface area (Å²) < 4.78 is 7.45. The topological polar surface area (TPSA) is 122 Å². The average Bonchev–Trinajstić information content (AvgIpc) is 3.22. The van der Waals surface area contributed by atoms with E-state index in [2.05, 4.69) is 9.97 Å². The molecule has 5 rings (SSSR count). The van der Waals surface area contributed by atoms with E-state index in [4.69, 9.17) is 21.3 Å². The van der Waals surface area contributed by atoms with Gasteiger partial charge < -0.3 is 9.52 Å². The minimum atomic E-state index is -1.03. The summed E-state index contributed by atoms with van der Waals surface area (Å²) >= 11 is 6.31. The van der Waals surface area contributed by atoms with E-state index in [0.29, 0.717) is 38.4 Å². The van der Waals surface area contributed by atoms with E-state index in [-0.39, 0.29) is 28.7 Å². The van der Waals surface area contributed by atoms with E-state index in [9.17, 15) is 14.7 Å². The maximum atomic E-state index is 12.9.